The monoisotopic (exact) mass is 198 g/mol. The van der Waals surface area contributed by atoms with Crippen LogP contribution in [-0.2, 0) is 0 Å². The Morgan fingerprint density at radius 1 is 1.20 bits per heavy atom. The molecule has 0 spiro atoms. The molecule has 0 amide bonds. The van der Waals surface area contributed by atoms with Crippen LogP contribution in [-0.4, -0.2) is 9.38 Å². The summed E-state index contributed by atoms with van der Waals surface area (Å²) >= 11 is 0. The second-order valence-corrected chi connectivity index (χ2v) is 3.54. The molecule has 3 aromatic heterocycles. The highest BCUT2D eigenvalue weighted by molar-refractivity contribution is 5.59. The molecule has 3 rings (SSSR count). The van der Waals surface area contributed by atoms with E-state index in [1.54, 1.807) is 6.26 Å². The second kappa shape index (κ2) is 2.98. The van der Waals surface area contributed by atoms with Crippen molar-refractivity contribution in [3.63, 3.8) is 0 Å². The Labute approximate surface area is 87.0 Å². The normalized spacial score (nSPS) is 11.0. The van der Waals surface area contributed by atoms with Crippen molar-refractivity contribution in [3.8, 4) is 11.3 Å². The van der Waals surface area contributed by atoms with E-state index in [2.05, 4.69) is 4.98 Å². The molecule has 0 unspecified atom stereocenters. The first-order chi connectivity index (χ1) is 7.33. The van der Waals surface area contributed by atoms with Crippen LogP contribution >= 0.6 is 0 Å². The van der Waals surface area contributed by atoms with Gasteiger partial charge in [0.15, 0.2) is 0 Å². The third-order valence-corrected chi connectivity index (χ3v) is 2.38. The Balaban J connectivity index is 2.21. The summed E-state index contributed by atoms with van der Waals surface area (Å²) in [5.41, 5.74) is 3.04. The number of imidazole rings is 1. The quantitative estimate of drug-likeness (QED) is 0.601. The van der Waals surface area contributed by atoms with Crippen molar-refractivity contribution >= 4 is 5.65 Å². The molecule has 3 heteroatoms. The average molecular weight is 198 g/mol. The third kappa shape index (κ3) is 1.32. The van der Waals surface area contributed by atoms with Gasteiger partial charge in [0.25, 0.3) is 0 Å². The van der Waals surface area contributed by atoms with Crippen LogP contribution in [0.5, 0.6) is 0 Å². The van der Waals surface area contributed by atoms with Gasteiger partial charge in [-0.05, 0) is 31.2 Å². The number of hydrogen-bond acceptors (Lipinski definition) is 2. The molecule has 3 aromatic rings. The van der Waals surface area contributed by atoms with E-state index in [1.165, 1.54) is 0 Å². The summed E-state index contributed by atoms with van der Waals surface area (Å²) in [5.74, 6) is 0.878. The Hall–Kier alpha value is -2.03. The van der Waals surface area contributed by atoms with Crippen LogP contribution in [0.25, 0.3) is 17.0 Å². The zero-order chi connectivity index (χ0) is 10.3. The minimum absolute atomic E-state index is 0.878. The molecule has 0 aliphatic heterocycles. The van der Waals surface area contributed by atoms with Crippen molar-refractivity contribution in [1.29, 1.82) is 0 Å². The first-order valence-corrected chi connectivity index (χ1v) is 4.82. The minimum Gasteiger partial charge on any atom is -0.464 e. The molecule has 0 bridgehead atoms. The molecule has 0 saturated carbocycles. The molecule has 0 atom stereocenters. The molecule has 15 heavy (non-hydrogen) atoms. The number of fused-ring (bicyclic) bond motifs is 1. The van der Waals surface area contributed by atoms with Gasteiger partial charge < -0.3 is 8.82 Å². The van der Waals surface area contributed by atoms with Gasteiger partial charge in [0.05, 0.1) is 12.0 Å². The second-order valence-electron chi connectivity index (χ2n) is 3.54. The van der Waals surface area contributed by atoms with E-state index >= 15 is 0 Å². The van der Waals surface area contributed by atoms with Crippen molar-refractivity contribution in [3.05, 3.63) is 48.6 Å². The smallest absolute Gasteiger partial charge is 0.136 e. The van der Waals surface area contributed by atoms with E-state index in [4.69, 9.17) is 4.42 Å². The summed E-state index contributed by atoms with van der Waals surface area (Å²) in [6.45, 7) is 1.99. The summed E-state index contributed by atoms with van der Waals surface area (Å²) in [6.07, 6.45) is 5.70. The van der Waals surface area contributed by atoms with E-state index in [-0.39, 0.29) is 0 Å². The van der Waals surface area contributed by atoms with E-state index in [1.807, 2.05) is 48.0 Å². The zero-order valence-electron chi connectivity index (χ0n) is 8.34. The SMILES string of the molecule is Cc1cn2cc(-c3ccco3)ccc2n1. The molecular formula is C12H10N2O. The van der Waals surface area contributed by atoms with Crippen LogP contribution in [0.3, 0.4) is 0 Å². The average Bonchev–Trinajstić information content (AvgIpc) is 2.82. The molecule has 3 nitrogen and oxygen atoms in total. The molecule has 0 N–H and O–H groups in total. The predicted molar refractivity (Wildman–Crippen MR) is 57.6 cm³/mol. The lowest BCUT2D eigenvalue weighted by Crippen LogP contribution is -1.83. The summed E-state index contributed by atoms with van der Waals surface area (Å²) in [6, 6.07) is 7.84. The van der Waals surface area contributed by atoms with Crippen molar-refractivity contribution in [2.75, 3.05) is 0 Å². The molecule has 3 heterocycles. The van der Waals surface area contributed by atoms with Gasteiger partial charge in [0.1, 0.15) is 11.4 Å². The number of pyridine rings is 1. The molecule has 0 fully saturated rings. The molecule has 0 saturated heterocycles. The summed E-state index contributed by atoms with van der Waals surface area (Å²) in [4.78, 5) is 4.37. The topological polar surface area (TPSA) is 30.4 Å². The molecule has 74 valence electrons. The van der Waals surface area contributed by atoms with Gasteiger partial charge in [0, 0.05) is 18.0 Å². The Morgan fingerprint density at radius 2 is 2.13 bits per heavy atom. The maximum absolute atomic E-state index is 5.34. The summed E-state index contributed by atoms with van der Waals surface area (Å²) < 4.78 is 7.35. The molecule has 0 aliphatic rings. The van der Waals surface area contributed by atoms with Gasteiger partial charge in [-0.15, -0.1) is 0 Å². The molecule has 0 aromatic carbocycles. The van der Waals surface area contributed by atoms with E-state index in [0.29, 0.717) is 0 Å². The fraction of sp³-hybridized carbons (Fsp3) is 0.0833. The first-order valence-electron chi connectivity index (χ1n) is 4.82. The Kier molecular flexibility index (Phi) is 1.65. The van der Waals surface area contributed by atoms with Crippen molar-refractivity contribution < 1.29 is 4.42 Å². The van der Waals surface area contributed by atoms with Crippen LogP contribution in [0.4, 0.5) is 0 Å². The van der Waals surface area contributed by atoms with E-state index in [9.17, 15) is 0 Å². The van der Waals surface area contributed by atoms with Crippen molar-refractivity contribution in [2.45, 2.75) is 6.92 Å². The van der Waals surface area contributed by atoms with Crippen LogP contribution in [0.2, 0.25) is 0 Å². The highest BCUT2D eigenvalue weighted by Crippen LogP contribution is 2.20. The lowest BCUT2D eigenvalue weighted by atomic mass is 10.2. The van der Waals surface area contributed by atoms with E-state index in [0.717, 1.165) is 22.7 Å². The number of aromatic nitrogens is 2. The van der Waals surface area contributed by atoms with Crippen molar-refractivity contribution in [1.82, 2.24) is 9.38 Å². The van der Waals surface area contributed by atoms with Crippen molar-refractivity contribution in [2.24, 2.45) is 0 Å². The maximum atomic E-state index is 5.34. The van der Waals surface area contributed by atoms with Gasteiger partial charge in [-0.3, -0.25) is 0 Å². The standard InChI is InChI=1S/C12H10N2O/c1-9-7-14-8-10(4-5-12(14)13-9)11-3-2-6-15-11/h2-8H,1H3. The largest absolute Gasteiger partial charge is 0.464 e. The van der Waals surface area contributed by atoms with Crippen LogP contribution in [0.1, 0.15) is 5.69 Å². The number of hydrogen-bond donors (Lipinski definition) is 0. The number of aryl methyl sites for hydroxylation is 1. The Bertz CT molecular complexity index is 593. The minimum atomic E-state index is 0.878. The van der Waals surface area contributed by atoms with Gasteiger partial charge >= 0.3 is 0 Å². The van der Waals surface area contributed by atoms with E-state index < -0.39 is 0 Å². The van der Waals surface area contributed by atoms with Gasteiger partial charge in [-0.2, -0.15) is 0 Å². The zero-order valence-corrected chi connectivity index (χ0v) is 8.34. The molecule has 0 radical (unpaired) electrons. The van der Waals surface area contributed by atoms with Gasteiger partial charge in [-0.1, -0.05) is 0 Å². The lowest BCUT2D eigenvalue weighted by Gasteiger charge is -1.97. The van der Waals surface area contributed by atoms with Gasteiger partial charge in [0.2, 0.25) is 0 Å². The number of rotatable bonds is 1. The summed E-state index contributed by atoms with van der Waals surface area (Å²) in [7, 11) is 0. The summed E-state index contributed by atoms with van der Waals surface area (Å²) in [5, 5.41) is 0. The predicted octanol–water partition coefficient (Wildman–Crippen LogP) is 2.90. The molecular weight excluding hydrogens is 188 g/mol. The number of furan rings is 1. The lowest BCUT2D eigenvalue weighted by molar-refractivity contribution is 0.582. The molecule has 0 aliphatic carbocycles. The Morgan fingerprint density at radius 3 is 2.93 bits per heavy atom. The van der Waals surface area contributed by atoms with Crippen LogP contribution in [0.15, 0.2) is 47.3 Å². The highest BCUT2D eigenvalue weighted by atomic mass is 16.3. The third-order valence-electron chi connectivity index (χ3n) is 2.38. The number of nitrogens with zero attached hydrogens (tertiary/aromatic N) is 2. The van der Waals surface area contributed by atoms with Crippen LogP contribution in [0, 0.1) is 6.92 Å². The van der Waals surface area contributed by atoms with Gasteiger partial charge in [-0.25, -0.2) is 4.98 Å². The maximum Gasteiger partial charge on any atom is 0.136 e. The highest BCUT2D eigenvalue weighted by Gasteiger charge is 2.02. The van der Waals surface area contributed by atoms with Crippen LogP contribution < -0.4 is 0 Å². The fourth-order valence-electron chi connectivity index (χ4n) is 1.71. The first kappa shape index (κ1) is 8.29. The fourth-order valence-corrected chi connectivity index (χ4v) is 1.71.